The minimum Gasteiger partial charge on any atom is -0.436 e. The molecule has 0 spiro atoms. The van der Waals surface area contributed by atoms with Gasteiger partial charge in [-0.15, -0.1) is 0 Å². The van der Waals surface area contributed by atoms with E-state index in [4.69, 9.17) is 4.74 Å². The number of nitrogens with zero attached hydrogens (tertiary/aromatic N) is 4. The van der Waals surface area contributed by atoms with Gasteiger partial charge in [-0.3, -0.25) is 4.79 Å². The smallest absolute Gasteiger partial charge is 0.410 e. The predicted molar refractivity (Wildman–Crippen MR) is 183 cm³/mol. The van der Waals surface area contributed by atoms with E-state index in [0.717, 1.165) is 60.2 Å². The van der Waals surface area contributed by atoms with Crippen molar-refractivity contribution in [2.24, 2.45) is 0 Å². The Kier molecular flexibility index (Phi) is 9.43. The standard InChI is InChI=1S/C36H47N7O5/c1-24-21-25(22-30-32(24)39-34(45)37-30)23-31(33(44)41-16-10-27(11-17-41)40-14-5-2-6-15-40)48-36(47)42-18-12-28(13-19-42)43-20-9-26-7-3-4-8-29(26)38-35(43)46/h3-4,7-8,21-22,27-28,31H,2,5-6,9-20,23H2,1H3,(H,38,46)(H2,37,39,45)/t31-/m1/s1. The number of nitrogens with one attached hydrogen (secondary N) is 3. The molecular formula is C36H47N7O5. The van der Waals surface area contributed by atoms with E-state index < -0.39 is 12.2 Å². The molecule has 12 nitrogen and oxygen atoms in total. The molecule has 5 heterocycles. The van der Waals surface area contributed by atoms with Gasteiger partial charge in [0.15, 0.2) is 6.10 Å². The largest absolute Gasteiger partial charge is 0.436 e. The zero-order valence-electron chi connectivity index (χ0n) is 27.8. The van der Waals surface area contributed by atoms with Crippen LogP contribution in [0.2, 0.25) is 0 Å². The van der Waals surface area contributed by atoms with Crippen LogP contribution in [0.5, 0.6) is 0 Å². The Bertz CT molecular complexity index is 1700. The second kappa shape index (κ2) is 14.0. The summed E-state index contributed by atoms with van der Waals surface area (Å²) in [7, 11) is 0. The van der Waals surface area contributed by atoms with Gasteiger partial charge in [0.1, 0.15) is 0 Å². The van der Waals surface area contributed by atoms with Crippen LogP contribution >= 0.6 is 0 Å². The molecule has 0 aliphatic carbocycles. The summed E-state index contributed by atoms with van der Waals surface area (Å²) in [5, 5.41) is 3.05. The number of imidazole rings is 1. The number of benzene rings is 2. The van der Waals surface area contributed by atoms with Crippen molar-refractivity contribution < 1.29 is 19.1 Å². The highest BCUT2D eigenvalue weighted by molar-refractivity contribution is 5.91. The van der Waals surface area contributed by atoms with Gasteiger partial charge >= 0.3 is 17.8 Å². The number of likely N-dealkylation sites (tertiary alicyclic amines) is 3. The number of carbonyl (C=O) groups excluding carboxylic acids is 3. The van der Waals surface area contributed by atoms with Gasteiger partial charge in [0, 0.05) is 56.9 Å². The number of amides is 4. The lowest BCUT2D eigenvalue weighted by atomic mass is 9.98. The molecule has 48 heavy (non-hydrogen) atoms. The van der Waals surface area contributed by atoms with Crippen LogP contribution in [0.15, 0.2) is 41.2 Å². The molecule has 1 atom stereocenters. The highest BCUT2D eigenvalue weighted by Crippen LogP contribution is 2.27. The molecule has 4 aliphatic heterocycles. The molecule has 0 unspecified atom stereocenters. The Morgan fingerprint density at radius 2 is 1.56 bits per heavy atom. The van der Waals surface area contributed by atoms with Crippen molar-refractivity contribution in [2.45, 2.75) is 82.9 Å². The Morgan fingerprint density at radius 3 is 2.33 bits per heavy atom. The van der Waals surface area contributed by atoms with E-state index in [1.807, 2.05) is 53.1 Å². The number of carbonyl (C=O) groups is 3. The molecule has 256 valence electrons. The lowest BCUT2D eigenvalue weighted by Crippen LogP contribution is -2.53. The van der Waals surface area contributed by atoms with E-state index in [1.54, 1.807) is 4.90 Å². The maximum Gasteiger partial charge on any atom is 0.410 e. The fourth-order valence-electron chi connectivity index (χ4n) is 8.14. The summed E-state index contributed by atoms with van der Waals surface area (Å²) in [5.41, 5.74) is 4.78. The minimum absolute atomic E-state index is 0.0141. The lowest BCUT2D eigenvalue weighted by Gasteiger charge is -2.41. The molecule has 4 amide bonds. The number of H-pyrrole nitrogens is 2. The summed E-state index contributed by atoms with van der Waals surface area (Å²) in [5.74, 6) is -0.170. The number of para-hydroxylation sites is 1. The molecule has 7 rings (SSSR count). The number of fused-ring (bicyclic) bond motifs is 2. The number of urea groups is 1. The summed E-state index contributed by atoms with van der Waals surface area (Å²) < 4.78 is 6.09. The predicted octanol–water partition coefficient (Wildman–Crippen LogP) is 4.24. The molecule has 3 N–H and O–H groups in total. The van der Waals surface area contributed by atoms with E-state index in [1.165, 1.54) is 19.3 Å². The average molecular weight is 658 g/mol. The molecule has 0 radical (unpaired) electrons. The fraction of sp³-hybridized carbons (Fsp3) is 0.556. The molecule has 3 fully saturated rings. The van der Waals surface area contributed by atoms with Crippen molar-refractivity contribution in [3.63, 3.8) is 0 Å². The third-order valence-electron chi connectivity index (χ3n) is 10.8. The summed E-state index contributed by atoms with van der Waals surface area (Å²) in [6.45, 7) is 6.98. The van der Waals surface area contributed by atoms with E-state index in [-0.39, 0.29) is 30.1 Å². The molecule has 3 saturated heterocycles. The van der Waals surface area contributed by atoms with Crippen molar-refractivity contribution in [3.05, 3.63) is 63.6 Å². The van der Waals surface area contributed by atoms with Crippen LogP contribution < -0.4 is 11.0 Å². The van der Waals surface area contributed by atoms with Crippen LogP contribution in [0.25, 0.3) is 11.0 Å². The number of hydrogen-bond acceptors (Lipinski definition) is 6. The number of rotatable bonds is 6. The Balaban J connectivity index is 1.01. The van der Waals surface area contributed by atoms with Crippen LogP contribution in [0.4, 0.5) is 15.3 Å². The van der Waals surface area contributed by atoms with Gasteiger partial charge in [-0.1, -0.05) is 30.7 Å². The van der Waals surface area contributed by atoms with Crippen molar-refractivity contribution in [1.82, 2.24) is 29.6 Å². The van der Waals surface area contributed by atoms with Crippen molar-refractivity contribution in [3.8, 4) is 0 Å². The van der Waals surface area contributed by atoms with E-state index in [0.29, 0.717) is 57.1 Å². The first-order valence-electron chi connectivity index (χ1n) is 17.7. The van der Waals surface area contributed by atoms with Crippen molar-refractivity contribution >= 4 is 34.8 Å². The summed E-state index contributed by atoms with van der Waals surface area (Å²) in [6, 6.07) is 12.1. The molecule has 4 aliphatic rings. The SMILES string of the molecule is Cc1cc(C[C@@H](OC(=O)N2CCC(N3CCc4ccccc4NC3=O)CC2)C(=O)N2CCC(N3CCCCC3)CC2)cc2[nH]c(=O)[nH]c12. The minimum atomic E-state index is -0.987. The van der Waals surface area contributed by atoms with Crippen LogP contribution in [0, 0.1) is 6.92 Å². The number of aryl methyl sites for hydroxylation is 1. The molecular weight excluding hydrogens is 610 g/mol. The average Bonchev–Trinajstić information content (AvgIpc) is 3.40. The Labute approximate surface area is 280 Å². The zero-order valence-corrected chi connectivity index (χ0v) is 27.8. The van der Waals surface area contributed by atoms with Crippen LogP contribution in [0.1, 0.15) is 61.6 Å². The van der Waals surface area contributed by atoms with Gasteiger partial charge in [-0.05, 0) is 93.8 Å². The number of hydrogen-bond donors (Lipinski definition) is 3. The lowest BCUT2D eigenvalue weighted by molar-refractivity contribution is -0.142. The number of aromatic nitrogens is 2. The Hall–Kier alpha value is -4.32. The highest BCUT2D eigenvalue weighted by Gasteiger charge is 2.36. The second-order valence-corrected chi connectivity index (χ2v) is 13.9. The summed E-state index contributed by atoms with van der Waals surface area (Å²) >= 11 is 0. The van der Waals surface area contributed by atoms with E-state index in [2.05, 4.69) is 20.2 Å². The maximum atomic E-state index is 14.1. The second-order valence-electron chi connectivity index (χ2n) is 13.9. The summed E-state index contributed by atoms with van der Waals surface area (Å²) in [6.07, 6.45) is 6.39. The number of anilines is 1. The monoisotopic (exact) mass is 657 g/mol. The molecule has 3 aromatic rings. The van der Waals surface area contributed by atoms with Gasteiger partial charge in [0.25, 0.3) is 5.91 Å². The third-order valence-corrected chi connectivity index (χ3v) is 10.8. The van der Waals surface area contributed by atoms with Crippen LogP contribution in [0.3, 0.4) is 0 Å². The van der Waals surface area contributed by atoms with E-state index in [9.17, 15) is 19.2 Å². The maximum absolute atomic E-state index is 14.1. The van der Waals surface area contributed by atoms with Gasteiger partial charge < -0.3 is 39.6 Å². The normalized spacial score (nSPS) is 20.7. The van der Waals surface area contributed by atoms with Gasteiger partial charge in [-0.25, -0.2) is 14.4 Å². The first kappa shape index (κ1) is 32.2. The molecule has 12 heteroatoms. The summed E-state index contributed by atoms with van der Waals surface area (Å²) in [4.78, 5) is 66.5. The topological polar surface area (TPSA) is 134 Å². The Morgan fingerprint density at radius 1 is 0.854 bits per heavy atom. The van der Waals surface area contributed by atoms with Crippen LogP contribution in [-0.4, -0.2) is 112 Å². The number of piperidine rings is 3. The molecule has 1 aromatic heterocycles. The van der Waals surface area contributed by atoms with Crippen molar-refractivity contribution in [2.75, 3.05) is 51.1 Å². The number of ether oxygens (including phenoxy) is 1. The molecule has 2 aromatic carbocycles. The zero-order chi connectivity index (χ0) is 33.2. The van der Waals surface area contributed by atoms with Gasteiger partial charge in [0.05, 0.1) is 11.0 Å². The molecule has 0 bridgehead atoms. The third kappa shape index (κ3) is 6.94. The van der Waals surface area contributed by atoms with Crippen molar-refractivity contribution in [1.29, 1.82) is 0 Å². The van der Waals surface area contributed by atoms with Gasteiger partial charge in [-0.2, -0.15) is 0 Å². The highest BCUT2D eigenvalue weighted by atomic mass is 16.6. The fourth-order valence-corrected chi connectivity index (χ4v) is 8.14. The van der Waals surface area contributed by atoms with Gasteiger partial charge in [0.2, 0.25) is 0 Å². The number of aromatic amines is 2. The first-order valence-corrected chi connectivity index (χ1v) is 17.7. The van der Waals surface area contributed by atoms with Crippen LogP contribution in [-0.2, 0) is 22.4 Å². The molecule has 0 saturated carbocycles. The first-order chi connectivity index (χ1) is 23.3. The van der Waals surface area contributed by atoms with E-state index >= 15 is 0 Å². The quantitative estimate of drug-likeness (QED) is 0.363.